The molecule has 0 heterocycles. The average Bonchev–Trinajstić information content (AvgIpc) is 2.55. The van der Waals surface area contributed by atoms with Crippen molar-refractivity contribution in [2.24, 2.45) is 5.10 Å². The molecule has 0 aliphatic carbocycles. The predicted octanol–water partition coefficient (Wildman–Crippen LogP) is 4.65. The van der Waals surface area contributed by atoms with E-state index in [4.69, 9.17) is 27.9 Å². The largest absolute Gasteiger partial charge is 0.483 e. The summed E-state index contributed by atoms with van der Waals surface area (Å²) in [4.78, 5) is 11.8. The third-order valence-electron chi connectivity index (χ3n) is 3.26. The molecular weight excluding hydrogens is 347 g/mol. The Hall–Kier alpha value is -2.04. The highest BCUT2D eigenvalue weighted by Gasteiger charge is 2.08. The molecule has 0 saturated heterocycles. The van der Waals surface area contributed by atoms with Crippen molar-refractivity contribution in [3.8, 4) is 5.75 Å². The zero-order chi connectivity index (χ0) is 17.5. The lowest BCUT2D eigenvalue weighted by Crippen LogP contribution is -2.24. The van der Waals surface area contributed by atoms with Crippen LogP contribution in [0, 0.1) is 0 Å². The molecule has 0 atom stereocenters. The Morgan fingerprint density at radius 3 is 2.71 bits per heavy atom. The Bertz CT molecular complexity index is 746. The summed E-state index contributed by atoms with van der Waals surface area (Å²) >= 11 is 11.8. The van der Waals surface area contributed by atoms with Gasteiger partial charge < -0.3 is 4.74 Å². The summed E-state index contributed by atoms with van der Waals surface area (Å²) in [5.74, 6) is 0.664. The summed E-state index contributed by atoms with van der Waals surface area (Å²) in [7, 11) is 0. The van der Waals surface area contributed by atoms with Crippen molar-refractivity contribution in [1.82, 2.24) is 5.43 Å². The summed E-state index contributed by atoms with van der Waals surface area (Å²) in [5, 5.41) is 4.87. The van der Waals surface area contributed by atoms with Gasteiger partial charge in [-0.3, -0.25) is 4.79 Å². The third kappa shape index (κ3) is 5.25. The highest BCUT2D eigenvalue weighted by Crippen LogP contribution is 2.25. The van der Waals surface area contributed by atoms with Crippen LogP contribution in [0.2, 0.25) is 10.0 Å². The van der Waals surface area contributed by atoms with Crippen LogP contribution in [-0.4, -0.2) is 18.7 Å². The van der Waals surface area contributed by atoms with Crippen LogP contribution >= 0.6 is 23.2 Å². The van der Waals surface area contributed by atoms with Crippen molar-refractivity contribution >= 4 is 35.3 Å². The normalized spacial score (nSPS) is 11.0. The first-order chi connectivity index (χ1) is 11.5. The van der Waals surface area contributed by atoms with Gasteiger partial charge in [0.15, 0.2) is 6.61 Å². The number of nitrogens with zero attached hydrogens (tertiary/aromatic N) is 1. The van der Waals surface area contributed by atoms with Crippen LogP contribution in [0.15, 0.2) is 47.6 Å². The van der Waals surface area contributed by atoms with Gasteiger partial charge in [0, 0.05) is 10.6 Å². The van der Waals surface area contributed by atoms with Crippen molar-refractivity contribution in [3.05, 3.63) is 63.6 Å². The summed E-state index contributed by atoms with van der Waals surface area (Å²) in [6.07, 6.45) is 1.46. The molecule has 0 aromatic heterocycles. The van der Waals surface area contributed by atoms with E-state index >= 15 is 0 Å². The molecule has 0 aliphatic heterocycles. The molecule has 0 bridgehead atoms. The summed E-state index contributed by atoms with van der Waals surface area (Å²) in [6, 6.07) is 12.7. The fraction of sp³-hybridized carbons (Fsp3) is 0.222. The third-order valence-corrected chi connectivity index (χ3v) is 3.82. The van der Waals surface area contributed by atoms with Gasteiger partial charge in [-0.05, 0) is 29.7 Å². The Kier molecular flexibility index (Phi) is 6.64. The maximum Gasteiger partial charge on any atom is 0.277 e. The van der Waals surface area contributed by atoms with Gasteiger partial charge in [-0.1, -0.05) is 61.3 Å². The van der Waals surface area contributed by atoms with Crippen molar-refractivity contribution in [2.45, 2.75) is 19.8 Å². The number of nitrogens with one attached hydrogen (secondary N) is 1. The molecule has 0 unspecified atom stereocenters. The Balaban J connectivity index is 1.89. The molecule has 0 fully saturated rings. The Morgan fingerprint density at radius 1 is 1.25 bits per heavy atom. The highest BCUT2D eigenvalue weighted by atomic mass is 35.5. The van der Waals surface area contributed by atoms with Crippen molar-refractivity contribution < 1.29 is 9.53 Å². The van der Waals surface area contributed by atoms with Crippen LogP contribution in [0.5, 0.6) is 5.75 Å². The first-order valence-corrected chi connectivity index (χ1v) is 8.21. The molecule has 6 heteroatoms. The first kappa shape index (κ1) is 18.3. The molecule has 0 radical (unpaired) electrons. The van der Waals surface area contributed by atoms with E-state index in [1.54, 1.807) is 18.2 Å². The summed E-state index contributed by atoms with van der Waals surface area (Å²) < 4.78 is 5.57. The van der Waals surface area contributed by atoms with Gasteiger partial charge in [0.05, 0.1) is 11.2 Å². The number of rotatable bonds is 6. The molecule has 2 aromatic carbocycles. The fourth-order valence-electron chi connectivity index (χ4n) is 2.04. The number of hydrogen-bond donors (Lipinski definition) is 1. The van der Waals surface area contributed by atoms with Crippen LogP contribution in [0.1, 0.15) is 30.9 Å². The second-order valence-electron chi connectivity index (χ2n) is 5.44. The number of ether oxygens (including phenoxy) is 1. The lowest BCUT2D eigenvalue weighted by molar-refractivity contribution is -0.123. The smallest absolute Gasteiger partial charge is 0.277 e. The van der Waals surface area contributed by atoms with Crippen LogP contribution in [-0.2, 0) is 4.79 Å². The molecule has 0 aliphatic rings. The number of hydrogen-bond acceptors (Lipinski definition) is 3. The molecule has 1 amide bonds. The van der Waals surface area contributed by atoms with E-state index in [0.717, 1.165) is 5.56 Å². The Morgan fingerprint density at radius 2 is 2.00 bits per heavy atom. The van der Waals surface area contributed by atoms with Crippen LogP contribution in [0.4, 0.5) is 0 Å². The molecule has 2 aromatic rings. The number of amides is 1. The van der Waals surface area contributed by atoms with Gasteiger partial charge in [-0.2, -0.15) is 5.10 Å². The predicted molar refractivity (Wildman–Crippen MR) is 98.2 cm³/mol. The number of hydrazone groups is 1. The van der Waals surface area contributed by atoms with Crippen LogP contribution in [0.25, 0.3) is 0 Å². The van der Waals surface area contributed by atoms with E-state index in [9.17, 15) is 4.79 Å². The fourth-order valence-corrected chi connectivity index (χ4v) is 2.50. The van der Waals surface area contributed by atoms with Crippen molar-refractivity contribution in [2.75, 3.05) is 6.61 Å². The van der Waals surface area contributed by atoms with Gasteiger partial charge in [-0.15, -0.1) is 0 Å². The maximum atomic E-state index is 11.8. The lowest BCUT2D eigenvalue weighted by Gasteiger charge is -2.13. The van der Waals surface area contributed by atoms with Crippen molar-refractivity contribution in [1.29, 1.82) is 0 Å². The molecule has 4 nitrogen and oxygen atoms in total. The quantitative estimate of drug-likeness (QED) is 0.599. The molecule has 126 valence electrons. The molecule has 0 spiro atoms. The van der Waals surface area contributed by atoms with Gasteiger partial charge in [0.2, 0.25) is 0 Å². The van der Waals surface area contributed by atoms with E-state index in [2.05, 4.69) is 24.4 Å². The summed E-state index contributed by atoms with van der Waals surface area (Å²) in [6.45, 7) is 4.03. The van der Waals surface area contributed by atoms with Gasteiger partial charge in [-0.25, -0.2) is 5.43 Å². The maximum absolute atomic E-state index is 11.8. The molecule has 0 saturated carbocycles. The second kappa shape index (κ2) is 8.71. The van der Waals surface area contributed by atoms with Gasteiger partial charge in [0.1, 0.15) is 5.75 Å². The number of halogens is 2. The minimum absolute atomic E-state index is 0.116. The van der Waals surface area contributed by atoms with Gasteiger partial charge in [0.25, 0.3) is 5.91 Å². The van der Waals surface area contributed by atoms with E-state index in [1.165, 1.54) is 6.21 Å². The minimum atomic E-state index is -0.352. The Labute approximate surface area is 151 Å². The number of para-hydroxylation sites is 1. The van der Waals surface area contributed by atoms with E-state index in [-0.39, 0.29) is 12.5 Å². The zero-order valence-corrected chi connectivity index (χ0v) is 14.9. The summed E-state index contributed by atoms with van der Waals surface area (Å²) in [5.41, 5.74) is 4.12. The minimum Gasteiger partial charge on any atom is -0.483 e. The van der Waals surface area contributed by atoms with E-state index in [1.807, 2.05) is 24.3 Å². The van der Waals surface area contributed by atoms with Crippen LogP contribution in [0.3, 0.4) is 0 Å². The molecular formula is C18H18Cl2N2O2. The SMILES string of the molecule is CC(C)c1ccccc1OCC(=O)NN=Cc1ccc(Cl)cc1Cl. The standard InChI is InChI=1S/C18H18Cl2N2O2/c1-12(2)15-5-3-4-6-17(15)24-11-18(23)22-21-10-13-7-8-14(19)9-16(13)20/h3-10,12H,11H2,1-2H3,(H,22,23). The van der Waals surface area contributed by atoms with Crippen LogP contribution < -0.4 is 10.2 Å². The van der Waals surface area contributed by atoms with E-state index < -0.39 is 0 Å². The second-order valence-corrected chi connectivity index (χ2v) is 6.28. The lowest BCUT2D eigenvalue weighted by atomic mass is 10.0. The number of carbonyl (C=O) groups is 1. The number of carbonyl (C=O) groups excluding carboxylic acids is 1. The van der Waals surface area contributed by atoms with E-state index in [0.29, 0.717) is 27.3 Å². The monoisotopic (exact) mass is 364 g/mol. The zero-order valence-electron chi connectivity index (χ0n) is 13.4. The average molecular weight is 365 g/mol. The highest BCUT2D eigenvalue weighted by molar-refractivity contribution is 6.36. The van der Waals surface area contributed by atoms with Gasteiger partial charge >= 0.3 is 0 Å². The number of benzene rings is 2. The topological polar surface area (TPSA) is 50.7 Å². The molecule has 24 heavy (non-hydrogen) atoms. The molecule has 1 N–H and O–H groups in total. The van der Waals surface area contributed by atoms with Crippen molar-refractivity contribution in [3.63, 3.8) is 0 Å². The first-order valence-electron chi connectivity index (χ1n) is 7.46. The molecule has 2 rings (SSSR count).